The van der Waals surface area contributed by atoms with Gasteiger partial charge < -0.3 is 15.5 Å². The molecule has 1 fully saturated rings. The summed E-state index contributed by atoms with van der Waals surface area (Å²) in [4.78, 5) is 38.9. The maximum Gasteiger partial charge on any atom is 0.252 e. The Morgan fingerprint density at radius 2 is 1.87 bits per heavy atom. The first kappa shape index (κ1) is 21.8. The lowest BCUT2D eigenvalue weighted by atomic mass is 10.2. The highest BCUT2D eigenvalue weighted by Crippen LogP contribution is 2.23. The molecule has 0 aromatic heterocycles. The number of anilines is 1. The van der Waals surface area contributed by atoms with Crippen LogP contribution in [0.25, 0.3) is 0 Å². The second-order valence-electron chi connectivity index (χ2n) is 6.93. The molecule has 1 aliphatic rings. The molecule has 158 valence electrons. The molecule has 0 unspecified atom stereocenters. The standard InChI is InChI=1S/C22H24FN3O3S/c23-16-8-10-17(11-9-16)25-20(27)15-30-19-6-2-1-5-18(19)22(29)24-12-4-14-26-13-3-7-21(26)28/h1-2,5-6,8-11H,3-4,7,12-15H2,(H,24,29)(H,25,27). The van der Waals surface area contributed by atoms with Crippen LogP contribution in [0.2, 0.25) is 0 Å². The van der Waals surface area contributed by atoms with Crippen LogP contribution in [0.3, 0.4) is 0 Å². The van der Waals surface area contributed by atoms with Gasteiger partial charge in [-0.3, -0.25) is 14.4 Å². The summed E-state index contributed by atoms with van der Waals surface area (Å²) in [5.41, 5.74) is 1.03. The van der Waals surface area contributed by atoms with Crippen molar-refractivity contribution in [1.82, 2.24) is 10.2 Å². The lowest BCUT2D eigenvalue weighted by Crippen LogP contribution is -2.30. The van der Waals surface area contributed by atoms with E-state index >= 15 is 0 Å². The number of halogens is 1. The Bertz CT molecular complexity index is 905. The highest BCUT2D eigenvalue weighted by Gasteiger charge is 2.19. The van der Waals surface area contributed by atoms with Crippen molar-refractivity contribution in [1.29, 1.82) is 0 Å². The van der Waals surface area contributed by atoms with Crippen molar-refractivity contribution in [3.05, 3.63) is 59.9 Å². The minimum atomic E-state index is -0.366. The average molecular weight is 430 g/mol. The molecule has 0 atom stereocenters. The molecule has 1 heterocycles. The van der Waals surface area contributed by atoms with Gasteiger partial charge in [-0.05, 0) is 49.2 Å². The molecule has 8 heteroatoms. The molecule has 2 aromatic carbocycles. The van der Waals surface area contributed by atoms with Gasteiger partial charge in [-0.15, -0.1) is 11.8 Å². The molecule has 0 saturated carbocycles. The maximum atomic E-state index is 12.9. The Morgan fingerprint density at radius 3 is 2.60 bits per heavy atom. The van der Waals surface area contributed by atoms with Gasteiger partial charge in [-0.2, -0.15) is 0 Å². The molecule has 2 aromatic rings. The smallest absolute Gasteiger partial charge is 0.252 e. The number of hydrogen-bond donors (Lipinski definition) is 2. The van der Waals surface area contributed by atoms with E-state index in [1.807, 2.05) is 11.0 Å². The SMILES string of the molecule is O=C(CSc1ccccc1C(=O)NCCCN1CCCC1=O)Nc1ccc(F)cc1. The lowest BCUT2D eigenvalue weighted by molar-refractivity contribution is -0.127. The van der Waals surface area contributed by atoms with E-state index in [1.165, 1.54) is 36.0 Å². The van der Waals surface area contributed by atoms with E-state index in [4.69, 9.17) is 0 Å². The zero-order valence-electron chi connectivity index (χ0n) is 16.5. The van der Waals surface area contributed by atoms with Crippen LogP contribution in [-0.2, 0) is 9.59 Å². The number of hydrogen-bond acceptors (Lipinski definition) is 4. The largest absolute Gasteiger partial charge is 0.352 e. The van der Waals surface area contributed by atoms with Crippen LogP contribution in [0, 0.1) is 5.82 Å². The van der Waals surface area contributed by atoms with Crippen LogP contribution in [0.4, 0.5) is 10.1 Å². The lowest BCUT2D eigenvalue weighted by Gasteiger charge is -2.15. The number of benzene rings is 2. The van der Waals surface area contributed by atoms with Crippen LogP contribution < -0.4 is 10.6 Å². The predicted molar refractivity (Wildman–Crippen MR) is 115 cm³/mol. The van der Waals surface area contributed by atoms with Gasteiger partial charge in [-0.1, -0.05) is 12.1 Å². The quantitative estimate of drug-likeness (QED) is 0.474. The normalized spacial score (nSPS) is 13.4. The average Bonchev–Trinajstić information content (AvgIpc) is 3.16. The first-order valence-electron chi connectivity index (χ1n) is 9.86. The Labute approximate surface area is 179 Å². The number of nitrogens with zero attached hydrogens (tertiary/aromatic N) is 1. The molecular formula is C22H24FN3O3S. The minimum Gasteiger partial charge on any atom is -0.352 e. The number of rotatable bonds is 9. The Kier molecular flexibility index (Phi) is 7.84. The van der Waals surface area contributed by atoms with Gasteiger partial charge in [0.25, 0.3) is 5.91 Å². The summed E-state index contributed by atoms with van der Waals surface area (Å²) in [7, 11) is 0. The number of nitrogens with one attached hydrogen (secondary N) is 2. The van der Waals surface area contributed by atoms with Gasteiger partial charge in [0.15, 0.2) is 0 Å². The number of amides is 3. The van der Waals surface area contributed by atoms with E-state index in [1.54, 1.807) is 18.2 Å². The fourth-order valence-electron chi connectivity index (χ4n) is 3.16. The third-order valence-corrected chi connectivity index (χ3v) is 5.75. The third kappa shape index (κ3) is 6.32. The highest BCUT2D eigenvalue weighted by atomic mass is 32.2. The summed E-state index contributed by atoms with van der Waals surface area (Å²) in [6, 6.07) is 12.7. The first-order chi connectivity index (χ1) is 14.5. The number of likely N-dealkylation sites (tertiary alicyclic amines) is 1. The zero-order chi connectivity index (χ0) is 21.3. The van der Waals surface area contributed by atoms with Crippen molar-refractivity contribution < 1.29 is 18.8 Å². The summed E-state index contributed by atoms with van der Waals surface area (Å²) in [6.07, 6.45) is 2.23. The highest BCUT2D eigenvalue weighted by molar-refractivity contribution is 8.00. The summed E-state index contributed by atoms with van der Waals surface area (Å²) in [6.45, 7) is 1.93. The molecule has 0 aliphatic carbocycles. The van der Waals surface area contributed by atoms with Gasteiger partial charge in [-0.25, -0.2) is 4.39 Å². The molecular weight excluding hydrogens is 405 g/mol. The molecule has 0 spiro atoms. The van der Waals surface area contributed by atoms with E-state index < -0.39 is 0 Å². The van der Waals surface area contributed by atoms with Crippen molar-refractivity contribution in [2.45, 2.75) is 24.2 Å². The van der Waals surface area contributed by atoms with Crippen molar-refractivity contribution in [3.63, 3.8) is 0 Å². The van der Waals surface area contributed by atoms with Crippen LogP contribution in [-0.4, -0.2) is 48.0 Å². The number of carbonyl (C=O) groups excluding carboxylic acids is 3. The molecule has 2 N–H and O–H groups in total. The molecule has 3 rings (SSSR count). The molecule has 3 amide bonds. The molecule has 1 aliphatic heterocycles. The van der Waals surface area contributed by atoms with Gasteiger partial charge in [0, 0.05) is 36.6 Å². The van der Waals surface area contributed by atoms with E-state index in [0.29, 0.717) is 42.1 Å². The van der Waals surface area contributed by atoms with Gasteiger partial charge in [0.2, 0.25) is 11.8 Å². The summed E-state index contributed by atoms with van der Waals surface area (Å²) in [5.74, 6) is -0.503. The van der Waals surface area contributed by atoms with Gasteiger partial charge in [0.1, 0.15) is 5.82 Å². The Hall–Kier alpha value is -2.87. The Balaban J connectivity index is 1.47. The second-order valence-corrected chi connectivity index (χ2v) is 7.95. The first-order valence-corrected chi connectivity index (χ1v) is 10.8. The fourth-order valence-corrected chi connectivity index (χ4v) is 4.01. The third-order valence-electron chi connectivity index (χ3n) is 4.68. The van der Waals surface area contributed by atoms with Gasteiger partial charge in [0.05, 0.1) is 11.3 Å². The van der Waals surface area contributed by atoms with Crippen molar-refractivity contribution in [2.24, 2.45) is 0 Å². The zero-order valence-corrected chi connectivity index (χ0v) is 17.3. The van der Waals surface area contributed by atoms with Crippen LogP contribution in [0.1, 0.15) is 29.6 Å². The van der Waals surface area contributed by atoms with E-state index in [0.717, 1.165) is 13.0 Å². The fraction of sp³-hybridized carbons (Fsp3) is 0.318. The minimum absolute atomic E-state index is 0.124. The molecule has 1 saturated heterocycles. The molecule has 0 bridgehead atoms. The van der Waals surface area contributed by atoms with Crippen molar-refractivity contribution in [2.75, 3.05) is 30.7 Å². The second kappa shape index (κ2) is 10.8. The van der Waals surface area contributed by atoms with Crippen LogP contribution in [0.15, 0.2) is 53.4 Å². The van der Waals surface area contributed by atoms with E-state index in [-0.39, 0.29) is 29.3 Å². The van der Waals surface area contributed by atoms with E-state index in [2.05, 4.69) is 10.6 Å². The molecule has 6 nitrogen and oxygen atoms in total. The van der Waals surface area contributed by atoms with Crippen LogP contribution in [0.5, 0.6) is 0 Å². The monoisotopic (exact) mass is 429 g/mol. The van der Waals surface area contributed by atoms with E-state index in [9.17, 15) is 18.8 Å². The predicted octanol–water partition coefficient (Wildman–Crippen LogP) is 3.30. The van der Waals surface area contributed by atoms with Crippen molar-refractivity contribution >= 4 is 35.2 Å². The molecule has 30 heavy (non-hydrogen) atoms. The topological polar surface area (TPSA) is 78.5 Å². The number of carbonyl (C=O) groups is 3. The number of thioether (sulfide) groups is 1. The van der Waals surface area contributed by atoms with Crippen LogP contribution >= 0.6 is 11.8 Å². The summed E-state index contributed by atoms with van der Waals surface area (Å²) in [5, 5.41) is 5.59. The maximum absolute atomic E-state index is 12.9. The van der Waals surface area contributed by atoms with Gasteiger partial charge >= 0.3 is 0 Å². The van der Waals surface area contributed by atoms with Crippen molar-refractivity contribution in [3.8, 4) is 0 Å². The Morgan fingerprint density at radius 1 is 1.10 bits per heavy atom. The molecule has 0 radical (unpaired) electrons. The summed E-state index contributed by atoms with van der Waals surface area (Å²) >= 11 is 1.27. The summed E-state index contributed by atoms with van der Waals surface area (Å²) < 4.78 is 12.9.